The zero-order chi connectivity index (χ0) is 16.8. The lowest BCUT2D eigenvalue weighted by molar-refractivity contribution is -0.384. The second-order valence-electron chi connectivity index (χ2n) is 4.39. The number of hydrazone groups is 1. The number of carbonyl (C=O) groups excluding carboxylic acids is 1. The number of halogens is 1. The Hall–Kier alpha value is -2.26. The van der Waals surface area contributed by atoms with Crippen molar-refractivity contribution in [3.05, 3.63) is 55.2 Å². The molecular weight excluding hydrogens is 386 g/mol. The Morgan fingerprint density at radius 3 is 2.91 bits per heavy atom. The standard InChI is InChI=1S/C14H12BrN3O4S/c1-9(22-13-5-3-2-4-12(13)15)14(19)17-16-7-11-6-10(8-23-11)18(20)21/h2-9H,1H3,(H,17,19)/b16-7-/t9-/m1/s1. The lowest BCUT2D eigenvalue weighted by atomic mass is 10.3. The third-order valence-corrected chi connectivity index (χ3v) is 4.20. The van der Waals surface area contributed by atoms with E-state index in [9.17, 15) is 14.9 Å². The number of benzene rings is 1. The van der Waals surface area contributed by atoms with Crippen LogP contribution in [0, 0.1) is 10.1 Å². The summed E-state index contributed by atoms with van der Waals surface area (Å²) in [4.78, 5) is 22.5. The van der Waals surface area contributed by atoms with Crippen LogP contribution in [0.15, 0.2) is 45.3 Å². The van der Waals surface area contributed by atoms with Crippen molar-refractivity contribution in [3.63, 3.8) is 0 Å². The summed E-state index contributed by atoms with van der Waals surface area (Å²) in [5.74, 6) is 0.121. The van der Waals surface area contributed by atoms with Crippen LogP contribution in [-0.2, 0) is 4.79 Å². The summed E-state index contributed by atoms with van der Waals surface area (Å²) in [6.45, 7) is 1.60. The quantitative estimate of drug-likeness (QED) is 0.459. The van der Waals surface area contributed by atoms with Gasteiger partial charge in [0.2, 0.25) is 0 Å². The zero-order valence-electron chi connectivity index (χ0n) is 11.9. The second kappa shape index (κ2) is 7.84. The summed E-state index contributed by atoms with van der Waals surface area (Å²) < 4.78 is 6.27. The normalized spacial score (nSPS) is 12.1. The molecule has 1 atom stereocenters. The number of rotatable bonds is 6. The van der Waals surface area contributed by atoms with Gasteiger partial charge in [-0.05, 0) is 35.0 Å². The lowest BCUT2D eigenvalue weighted by Gasteiger charge is -2.13. The molecule has 120 valence electrons. The summed E-state index contributed by atoms with van der Waals surface area (Å²) in [6.07, 6.45) is 0.601. The molecule has 0 bridgehead atoms. The first-order valence-corrected chi connectivity index (χ1v) is 8.11. The number of para-hydroxylation sites is 1. The van der Waals surface area contributed by atoms with Crippen molar-refractivity contribution in [2.24, 2.45) is 5.10 Å². The van der Waals surface area contributed by atoms with Crippen molar-refractivity contribution >= 4 is 45.1 Å². The molecule has 0 aliphatic carbocycles. The van der Waals surface area contributed by atoms with E-state index in [-0.39, 0.29) is 5.69 Å². The fraction of sp³-hybridized carbons (Fsp3) is 0.143. The lowest BCUT2D eigenvalue weighted by Crippen LogP contribution is -2.33. The van der Waals surface area contributed by atoms with Gasteiger partial charge in [-0.1, -0.05) is 12.1 Å². The van der Waals surface area contributed by atoms with Gasteiger partial charge in [-0.15, -0.1) is 11.3 Å². The molecule has 0 aliphatic heterocycles. The number of amides is 1. The molecule has 2 aromatic rings. The molecule has 7 nitrogen and oxygen atoms in total. The number of hydrogen-bond donors (Lipinski definition) is 1. The van der Waals surface area contributed by atoms with Crippen LogP contribution in [0.3, 0.4) is 0 Å². The highest BCUT2D eigenvalue weighted by Crippen LogP contribution is 2.24. The fourth-order valence-electron chi connectivity index (χ4n) is 1.54. The maximum absolute atomic E-state index is 11.9. The Bertz CT molecular complexity index is 747. The van der Waals surface area contributed by atoms with Crippen LogP contribution in [0.5, 0.6) is 5.75 Å². The third-order valence-electron chi connectivity index (χ3n) is 2.69. The first-order valence-electron chi connectivity index (χ1n) is 6.44. The number of nitrogens with one attached hydrogen (secondary N) is 1. The number of ether oxygens (including phenoxy) is 1. The van der Waals surface area contributed by atoms with Gasteiger partial charge in [0.25, 0.3) is 11.6 Å². The van der Waals surface area contributed by atoms with Crippen LogP contribution in [0.4, 0.5) is 5.69 Å². The van der Waals surface area contributed by atoms with Crippen molar-refractivity contribution in [1.82, 2.24) is 5.43 Å². The molecule has 23 heavy (non-hydrogen) atoms. The molecule has 0 saturated carbocycles. The highest BCUT2D eigenvalue weighted by atomic mass is 79.9. The Labute approximate surface area is 144 Å². The zero-order valence-corrected chi connectivity index (χ0v) is 14.3. The average molecular weight is 398 g/mol. The molecule has 9 heteroatoms. The van der Waals surface area contributed by atoms with Crippen LogP contribution in [-0.4, -0.2) is 23.1 Å². The van der Waals surface area contributed by atoms with Gasteiger partial charge in [0.1, 0.15) is 5.75 Å². The van der Waals surface area contributed by atoms with E-state index >= 15 is 0 Å². The van der Waals surface area contributed by atoms with Gasteiger partial charge < -0.3 is 4.74 Å². The Morgan fingerprint density at radius 1 is 1.52 bits per heavy atom. The molecule has 1 heterocycles. The molecule has 0 radical (unpaired) electrons. The number of nitrogens with zero attached hydrogens (tertiary/aromatic N) is 2. The van der Waals surface area contributed by atoms with Crippen LogP contribution < -0.4 is 10.2 Å². The third kappa shape index (κ3) is 4.86. The largest absolute Gasteiger partial charge is 0.480 e. The Morgan fingerprint density at radius 2 is 2.26 bits per heavy atom. The Kier molecular flexibility index (Phi) is 5.83. The average Bonchev–Trinajstić information content (AvgIpc) is 2.98. The monoisotopic (exact) mass is 397 g/mol. The number of nitro groups is 1. The first kappa shape index (κ1) is 17.1. The van der Waals surface area contributed by atoms with Crippen molar-refractivity contribution in [1.29, 1.82) is 0 Å². The summed E-state index contributed by atoms with van der Waals surface area (Å²) in [7, 11) is 0. The van der Waals surface area contributed by atoms with Gasteiger partial charge in [0.15, 0.2) is 6.10 Å². The van der Waals surface area contributed by atoms with E-state index in [1.165, 1.54) is 17.7 Å². The van der Waals surface area contributed by atoms with Crippen molar-refractivity contribution in [2.45, 2.75) is 13.0 Å². The minimum absolute atomic E-state index is 0.00611. The molecule has 0 unspecified atom stereocenters. The number of thiophene rings is 1. The van der Waals surface area contributed by atoms with E-state index in [1.807, 2.05) is 12.1 Å². The van der Waals surface area contributed by atoms with Crippen LogP contribution in [0.25, 0.3) is 0 Å². The van der Waals surface area contributed by atoms with Gasteiger partial charge in [0.05, 0.1) is 25.9 Å². The van der Waals surface area contributed by atoms with Crippen LogP contribution in [0.1, 0.15) is 11.8 Å². The van der Waals surface area contributed by atoms with Gasteiger partial charge in [-0.2, -0.15) is 5.10 Å². The van der Waals surface area contributed by atoms with E-state index in [0.29, 0.717) is 10.6 Å². The van der Waals surface area contributed by atoms with E-state index in [4.69, 9.17) is 4.74 Å². The second-order valence-corrected chi connectivity index (χ2v) is 6.19. The van der Waals surface area contributed by atoms with E-state index in [2.05, 4.69) is 26.5 Å². The van der Waals surface area contributed by atoms with Gasteiger partial charge in [0, 0.05) is 6.07 Å². The molecule has 2 rings (SSSR count). The molecule has 0 aliphatic rings. The molecule has 1 aromatic heterocycles. The SMILES string of the molecule is C[C@@H](Oc1ccccc1Br)C(=O)N/N=C\c1cc([N+](=O)[O-])cs1. The minimum atomic E-state index is -0.747. The molecular formula is C14H12BrN3O4S. The number of carbonyl (C=O) groups is 1. The molecule has 1 aromatic carbocycles. The molecule has 1 N–H and O–H groups in total. The van der Waals surface area contributed by atoms with Gasteiger partial charge in [-0.25, -0.2) is 5.43 Å². The maximum Gasteiger partial charge on any atom is 0.280 e. The summed E-state index contributed by atoms with van der Waals surface area (Å²) >= 11 is 4.49. The molecule has 0 spiro atoms. The first-order chi connectivity index (χ1) is 11.0. The molecule has 1 amide bonds. The van der Waals surface area contributed by atoms with E-state index in [0.717, 1.165) is 15.8 Å². The van der Waals surface area contributed by atoms with E-state index in [1.54, 1.807) is 19.1 Å². The maximum atomic E-state index is 11.9. The smallest absolute Gasteiger partial charge is 0.280 e. The highest BCUT2D eigenvalue weighted by Gasteiger charge is 2.15. The van der Waals surface area contributed by atoms with Gasteiger partial charge in [-0.3, -0.25) is 14.9 Å². The summed E-state index contributed by atoms with van der Waals surface area (Å²) in [5, 5.41) is 15.7. The van der Waals surface area contributed by atoms with Crippen molar-refractivity contribution in [2.75, 3.05) is 0 Å². The Balaban J connectivity index is 1.89. The topological polar surface area (TPSA) is 93.8 Å². The highest BCUT2D eigenvalue weighted by molar-refractivity contribution is 9.10. The number of hydrogen-bond acceptors (Lipinski definition) is 6. The minimum Gasteiger partial charge on any atom is -0.480 e. The molecule has 0 saturated heterocycles. The van der Waals surface area contributed by atoms with Crippen molar-refractivity contribution < 1.29 is 14.5 Å². The summed E-state index contributed by atoms with van der Waals surface area (Å²) in [6, 6.07) is 8.56. The summed E-state index contributed by atoms with van der Waals surface area (Å²) in [5.41, 5.74) is 2.33. The van der Waals surface area contributed by atoms with Crippen LogP contribution >= 0.6 is 27.3 Å². The van der Waals surface area contributed by atoms with Crippen molar-refractivity contribution in [3.8, 4) is 5.75 Å². The predicted octanol–water partition coefficient (Wildman–Crippen LogP) is 3.34. The fourth-order valence-corrected chi connectivity index (χ4v) is 2.63. The van der Waals surface area contributed by atoms with E-state index < -0.39 is 16.9 Å². The predicted molar refractivity (Wildman–Crippen MR) is 90.9 cm³/mol. The van der Waals surface area contributed by atoms with Crippen LogP contribution in [0.2, 0.25) is 0 Å². The van der Waals surface area contributed by atoms with Gasteiger partial charge >= 0.3 is 0 Å². The molecule has 0 fully saturated rings.